The van der Waals surface area contributed by atoms with Crippen molar-refractivity contribution in [1.82, 2.24) is 5.32 Å². The van der Waals surface area contributed by atoms with Gasteiger partial charge in [0.05, 0.1) is 0 Å². The maximum Gasteiger partial charge on any atom is 0.352 e. The van der Waals surface area contributed by atoms with E-state index < -0.39 is 37.0 Å². The molecular weight excluding hydrogens is 333 g/mol. The van der Waals surface area contributed by atoms with Crippen molar-refractivity contribution in [2.75, 3.05) is 6.54 Å². The first-order chi connectivity index (χ1) is 11.1. The molecule has 2 rings (SSSR count). The summed E-state index contributed by atoms with van der Waals surface area (Å²) in [5, 5.41) is 2.96. The molecule has 1 fully saturated rings. The van der Waals surface area contributed by atoms with E-state index in [1.807, 2.05) is 0 Å². The number of ether oxygens (including phenoxy) is 1. The van der Waals surface area contributed by atoms with Crippen LogP contribution in [-0.4, -0.2) is 26.5 Å². The second kappa shape index (κ2) is 6.93. The maximum atomic E-state index is 14.0. The minimum atomic E-state index is -4.34. The fourth-order valence-corrected chi connectivity index (χ4v) is 4.00. The van der Waals surface area contributed by atoms with Crippen molar-refractivity contribution in [2.24, 2.45) is 0 Å². The van der Waals surface area contributed by atoms with E-state index in [0.29, 0.717) is 18.7 Å². The van der Waals surface area contributed by atoms with E-state index in [1.165, 1.54) is 12.1 Å². The molecule has 24 heavy (non-hydrogen) atoms. The van der Waals surface area contributed by atoms with E-state index in [0.717, 1.165) is 25.0 Å². The highest BCUT2D eigenvalue weighted by Crippen LogP contribution is 2.29. The number of carbonyl (C=O) groups excluding carboxylic acids is 1. The fourth-order valence-electron chi connectivity index (χ4n) is 2.44. The molecule has 1 aliphatic heterocycles. The van der Waals surface area contributed by atoms with Crippen LogP contribution in [0.1, 0.15) is 40.0 Å². The van der Waals surface area contributed by atoms with Crippen molar-refractivity contribution in [1.29, 1.82) is 0 Å². The molecule has 1 saturated heterocycles. The van der Waals surface area contributed by atoms with Gasteiger partial charge in [-0.25, -0.2) is 17.6 Å². The summed E-state index contributed by atoms with van der Waals surface area (Å²) in [4.78, 5) is 11.5. The zero-order valence-corrected chi connectivity index (χ0v) is 14.9. The SMILES string of the molecule is CC(C)(C)OC(=O)C(=C1CCCCN1)S(=O)(=O)c1ccccc1F. The molecule has 1 aliphatic rings. The Morgan fingerprint density at radius 1 is 1.21 bits per heavy atom. The molecule has 132 valence electrons. The van der Waals surface area contributed by atoms with Crippen LogP contribution < -0.4 is 5.32 Å². The lowest BCUT2D eigenvalue weighted by molar-refractivity contribution is -0.149. The fraction of sp³-hybridized carbons (Fsp3) is 0.471. The standard InChI is InChI=1S/C17H22FNO4S/c1-17(2,3)23-16(20)15(13-9-6-7-11-19-13)24(21,22)14-10-5-4-8-12(14)18/h4-5,8,10,19H,6-7,9,11H2,1-3H3. The number of esters is 1. The number of sulfone groups is 1. The summed E-state index contributed by atoms with van der Waals surface area (Å²) in [6.45, 7) is 5.51. The third-order valence-corrected chi connectivity index (χ3v) is 5.31. The van der Waals surface area contributed by atoms with Gasteiger partial charge in [-0.2, -0.15) is 0 Å². The van der Waals surface area contributed by atoms with E-state index in [4.69, 9.17) is 4.74 Å². The first-order valence-corrected chi connectivity index (χ1v) is 9.31. The van der Waals surface area contributed by atoms with Crippen molar-refractivity contribution in [3.8, 4) is 0 Å². The molecular formula is C17H22FNO4S. The lowest BCUT2D eigenvalue weighted by atomic mass is 10.1. The van der Waals surface area contributed by atoms with E-state index in [1.54, 1.807) is 20.8 Å². The molecule has 5 nitrogen and oxygen atoms in total. The van der Waals surface area contributed by atoms with Crippen LogP contribution in [0.2, 0.25) is 0 Å². The van der Waals surface area contributed by atoms with E-state index in [2.05, 4.69) is 5.32 Å². The number of nitrogens with one attached hydrogen (secondary N) is 1. The average molecular weight is 355 g/mol. The smallest absolute Gasteiger partial charge is 0.352 e. The highest BCUT2D eigenvalue weighted by molar-refractivity contribution is 7.96. The number of rotatable bonds is 3. The van der Waals surface area contributed by atoms with Gasteiger partial charge in [0.15, 0.2) is 4.91 Å². The average Bonchev–Trinajstić information content (AvgIpc) is 2.46. The van der Waals surface area contributed by atoms with Gasteiger partial charge in [0.2, 0.25) is 9.84 Å². The zero-order valence-electron chi connectivity index (χ0n) is 14.1. The Hall–Kier alpha value is -1.89. The van der Waals surface area contributed by atoms with Crippen molar-refractivity contribution in [3.05, 3.63) is 40.7 Å². The van der Waals surface area contributed by atoms with E-state index in [-0.39, 0.29) is 0 Å². The predicted molar refractivity (Wildman–Crippen MR) is 88.3 cm³/mol. The van der Waals surface area contributed by atoms with Crippen LogP contribution in [0.15, 0.2) is 39.8 Å². The molecule has 0 unspecified atom stereocenters. The van der Waals surface area contributed by atoms with Crippen molar-refractivity contribution in [2.45, 2.75) is 50.5 Å². The summed E-state index contributed by atoms with van der Waals surface area (Å²) in [6, 6.07) is 5.02. The van der Waals surface area contributed by atoms with Gasteiger partial charge >= 0.3 is 5.97 Å². The number of piperidine rings is 1. The van der Waals surface area contributed by atoms with E-state index in [9.17, 15) is 17.6 Å². The zero-order chi connectivity index (χ0) is 18.0. The molecule has 0 aromatic heterocycles. The second-order valence-electron chi connectivity index (χ2n) is 6.63. The van der Waals surface area contributed by atoms with Gasteiger partial charge in [0.1, 0.15) is 16.3 Å². The maximum absolute atomic E-state index is 14.0. The molecule has 0 amide bonds. The molecule has 1 aromatic rings. The molecule has 7 heteroatoms. The second-order valence-corrected chi connectivity index (χ2v) is 8.48. The molecule has 1 heterocycles. The summed E-state index contributed by atoms with van der Waals surface area (Å²) in [6.07, 6.45) is 2.04. The van der Waals surface area contributed by atoms with Crippen molar-refractivity contribution in [3.63, 3.8) is 0 Å². The van der Waals surface area contributed by atoms with Gasteiger partial charge < -0.3 is 10.1 Å². The minimum absolute atomic E-state index is 0.291. The molecule has 0 bridgehead atoms. The number of carbonyl (C=O) groups is 1. The normalized spacial score (nSPS) is 17.8. The Morgan fingerprint density at radius 3 is 2.42 bits per heavy atom. The van der Waals surface area contributed by atoms with Crippen LogP contribution in [0.5, 0.6) is 0 Å². The molecule has 0 radical (unpaired) electrons. The van der Waals surface area contributed by atoms with Gasteiger partial charge in [-0.15, -0.1) is 0 Å². The summed E-state index contributed by atoms with van der Waals surface area (Å²) in [5.41, 5.74) is -0.568. The third-order valence-electron chi connectivity index (χ3n) is 3.45. The number of halogens is 1. The molecule has 1 N–H and O–H groups in total. The van der Waals surface area contributed by atoms with Gasteiger partial charge in [0, 0.05) is 12.2 Å². The van der Waals surface area contributed by atoms with Crippen molar-refractivity contribution >= 4 is 15.8 Å². The van der Waals surface area contributed by atoms with Crippen LogP contribution >= 0.6 is 0 Å². The third kappa shape index (κ3) is 4.14. The van der Waals surface area contributed by atoms with Gasteiger partial charge in [-0.3, -0.25) is 0 Å². The van der Waals surface area contributed by atoms with Gasteiger partial charge in [-0.05, 0) is 52.2 Å². The van der Waals surface area contributed by atoms with Crippen molar-refractivity contribution < 1.29 is 22.3 Å². The number of allylic oxidation sites excluding steroid dienone is 1. The molecule has 0 atom stereocenters. The van der Waals surface area contributed by atoms with Crippen LogP contribution in [0.25, 0.3) is 0 Å². The predicted octanol–water partition coefficient (Wildman–Crippen LogP) is 2.93. The minimum Gasteiger partial charge on any atom is -0.456 e. The number of hydrogen-bond donors (Lipinski definition) is 1. The first kappa shape index (κ1) is 18.4. The Balaban J connectivity index is 2.58. The number of hydrogen-bond acceptors (Lipinski definition) is 5. The Labute approximate surface area is 141 Å². The van der Waals surface area contributed by atoms with Gasteiger partial charge in [-0.1, -0.05) is 12.1 Å². The summed E-state index contributed by atoms with van der Waals surface area (Å²) in [7, 11) is -4.34. The number of benzene rings is 1. The lowest BCUT2D eigenvalue weighted by Gasteiger charge is -2.24. The first-order valence-electron chi connectivity index (χ1n) is 7.83. The van der Waals surface area contributed by atoms with Crippen LogP contribution in [0.4, 0.5) is 4.39 Å². The van der Waals surface area contributed by atoms with E-state index >= 15 is 0 Å². The molecule has 0 saturated carbocycles. The summed E-state index contributed by atoms with van der Waals surface area (Å²) >= 11 is 0. The van der Waals surface area contributed by atoms with Crippen LogP contribution in [0.3, 0.4) is 0 Å². The molecule has 0 spiro atoms. The lowest BCUT2D eigenvalue weighted by Crippen LogP contribution is -2.32. The Bertz CT molecular complexity index is 755. The van der Waals surface area contributed by atoms with Crippen LogP contribution in [0, 0.1) is 5.82 Å². The monoisotopic (exact) mass is 355 g/mol. The van der Waals surface area contributed by atoms with Crippen LogP contribution in [-0.2, 0) is 19.4 Å². The Kier molecular flexibility index (Phi) is 5.32. The highest BCUT2D eigenvalue weighted by atomic mass is 32.2. The molecule has 1 aromatic carbocycles. The Morgan fingerprint density at radius 2 is 1.88 bits per heavy atom. The summed E-state index contributed by atoms with van der Waals surface area (Å²) in [5.74, 6) is -1.86. The summed E-state index contributed by atoms with van der Waals surface area (Å²) < 4.78 is 45.2. The highest BCUT2D eigenvalue weighted by Gasteiger charge is 2.36. The topological polar surface area (TPSA) is 72.5 Å². The van der Waals surface area contributed by atoms with Gasteiger partial charge in [0.25, 0.3) is 0 Å². The largest absolute Gasteiger partial charge is 0.456 e. The molecule has 0 aliphatic carbocycles. The quantitative estimate of drug-likeness (QED) is 0.667.